The van der Waals surface area contributed by atoms with Crippen LogP contribution in [0.3, 0.4) is 0 Å². The van der Waals surface area contributed by atoms with Crippen LogP contribution < -0.4 is 0 Å². The molecule has 18 heavy (non-hydrogen) atoms. The number of rotatable bonds is 0. The fraction of sp³-hybridized carbons (Fsp3) is 0. The Bertz CT molecular complexity index is 765. The molecule has 4 heteroatoms. The predicted molar refractivity (Wildman–Crippen MR) is 65.4 cm³/mol. The maximum Gasteiger partial charge on any atom is 0.154 e. The minimum absolute atomic E-state index is 0.321. The Morgan fingerprint density at radius 3 is 2.89 bits per heavy atom. The molecule has 0 radical (unpaired) electrons. The van der Waals surface area contributed by atoms with Crippen LogP contribution in [-0.2, 0) is 0 Å². The van der Waals surface area contributed by atoms with Crippen LogP contribution in [0.2, 0.25) is 0 Å². The molecule has 2 aromatic heterocycles. The molecule has 0 atom stereocenters. The SMILES string of the molecule is Fc1ccccc1C#Cc1cnc2ccnn2c1. The summed E-state index contributed by atoms with van der Waals surface area (Å²) in [6.07, 6.45) is 5.07. The first kappa shape index (κ1) is 10.5. The van der Waals surface area contributed by atoms with Crippen molar-refractivity contribution in [2.24, 2.45) is 0 Å². The van der Waals surface area contributed by atoms with Crippen molar-refractivity contribution in [2.75, 3.05) is 0 Å². The van der Waals surface area contributed by atoms with E-state index in [1.165, 1.54) is 6.07 Å². The van der Waals surface area contributed by atoms with Gasteiger partial charge in [0.05, 0.1) is 17.3 Å². The molecule has 3 rings (SSSR count). The van der Waals surface area contributed by atoms with Crippen LogP contribution in [0.5, 0.6) is 0 Å². The van der Waals surface area contributed by atoms with Gasteiger partial charge in [0.25, 0.3) is 0 Å². The zero-order chi connectivity index (χ0) is 12.4. The van der Waals surface area contributed by atoms with Crippen molar-refractivity contribution in [3.63, 3.8) is 0 Å². The normalized spacial score (nSPS) is 10.1. The molecule has 0 aliphatic carbocycles. The Hall–Kier alpha value is -2.67. The van der Waals surface area contributed by atoms with Crippen LogP contribution >= 0.6 is 0 Å². The smallest absolute Gasteiger partial charge is 0.154 e. The van der Waals surface area contributed by atoms with Gasteiger partial charge in [-0.2, -0.15) is 5.10 Å². The van der Waals surface area contributed by atoms with Crippen molar-refractivity contribution in [3.8, 4) is 11.8 Å². The average Bonchev–Trinajstić information content (AvgIpc) is 2.85. The fourth-order valence-corrected chi connectivity index (χ4v) is 1.58. The van der Waals surface area contributed by atoms with Gasteiger partial charge in [0.2, 0.25) is 0 Å². The molecule has 0 aliphatic heterocycles. The Morgan fingerprint density at radius 2 is 2.00 bits per heavy atom. The number of aromatic nitrogens is 3. The van der Waals surface area contributed by atoms with Crippen molar-refractivity contribution in [3.05, 3.63) is 65.9 Å². The van der Waals surface area contributed by atoms with Crippen LogP contribution in [0.25, 0.3) is 5.65 Å². The number of halogens is 1. The lowest BCUT2D eigenvalue weighted by Gasteiger charge is -1.94. The molecule has 3 aromatic rings. The van der Waals surface area contributed by atoms with Gasteiger partial charge in [0, 0.05) is 18.5 Å². The van der Waals surface area contributed by atoms with E-state index in [9.17, 15) is 4.39 Å². The molecule has 0 saturated heterocycles. The zero-order valence-corrected chi connectivity index (χ0v) is 9.34. The molecular weight excluding hydrogens is 229 g/mol. The lowest BCUT2D eigenvalue weighted by Crippen LogP contribution is -1.91. The van der Waals surface area contributed by atoms with Crippen molar-refractivity contribution in [1.29, 1.82) is 0 Å². The van der Waals surface area contributed by atoms with E-state index in [4.69, 9.17) is 0 Å². The molecule has 86 valence electrons. The molecule has 1 aromatic carbocycles. The monoisotopic (exact) mass is 237 g/mol. The minimum atomic E-state index is -0.321. The fourth-order valence-electron chi connectivity index (χ4n) is 1.58. The van der Waals surface area contributed by atoms with Gasteiger partial charge in [-0.3, -0.25) is 0 Å². The Balaban J connectivity index is 2.00. The topological polar surface area (TPSA) is 30.2 Å². The zero-order valence-electron chi connectivity index (χ0n) is 9.34. The first-order chi connectivity index (χ1) is 8.83. The van der Waals surface area contributed by atoms with E-state index in [1.807, 2.05) is 0 Å². The van der Waals surface area contributed by atoms with Crippen molar-refractivity contribution in [2.45, 2.75) is 0 Å². The number of benzene rings is 1. The van der Waals surface area contributed by atoms with Gasteiger partial charge >= 0.3 is 0 Å². The summed E-state index contributed by atoms with van der Waals surface area (Å²) >= 11 is 0. The summed E-state index contributed by atoms with van der Waals surface area (Å²) in [7, 11) is 0. The average molecular weight is 237 g/mol. The molecule has 0 N–H and O–H groups in total. The van der Waals surface area contributed by atoms with E-state index in [-0.39, 0.29) is 5.82 Å². The van der Waals surface area contributed by atoms with Gasteiger partial charge in [0.1, 0.15) is 5.82 Å². The molecule has 0 bridgehead atoms. The highest BCUT2D eigenvalue weighted by Crippen LogP contribution is 2.05. The minimum Gasteiger partial charge on any atom is -0.236 e. The summed E-state index contributed by atoms with van der Waals surface area (Å²) in [5, 5.41) is 4.06. The van der Waals surface area contributed by atoms with E-state index in [0.29, 0.717) is 11.1 Å². The van der Waals surface area contributed by atoms with Gasteiger partial charge in [0.15, 0.2) is 5.65 Å². The Morgan fingerprint density at radius 1 is 1.11 bits per heavy atom. The highest BCUT2D eigenvalue weighted by Gasteiger charge is 1.97. The molecule has 2 heterocycles. The third-order valence-electron chi connectivity index (χ3n) is 2.46. The molecule has 0 aliphatic rings. The second kappa shape index (κ2) is 4.30. The number of hydrogen-bond donors (Lipinski definition) is 0. The number of nitrogens with zero attached hydrogens (tertiary/aromatic N) is 3. The summed E-state index contributed by atoms with van der Waals surface area (Å²) < 4.78 is 15.0. The Kier molecular flexibility index (Phi) is 2.50. The highest BCUT2D eigenvalue weighted by molar-refractivity contribution is 5.44. The second-order valence-corrected chi connectivity index (χ2v) is 3.71. The first-order valence-corrected chi connectivity index (χ1v) is 5.39. The standard InChI is InChI=1S/C14H8FN3/c15-13-4-2-1-3-12(13)6-5-11-9-16-14-7-8-17-18(14)10-11/h1-4,7-10H. The van der Waals surface area contributed by atoms with Crippen LogP contribution in [-0.4, -0.2) is 14.6 Å². The largest absolute Gasteiger partial charge is 0.236 e. The summed E-state index contributed by atoms with van der Waals surface area (Å²) in [6, 6.07) is 8.22. The van der Waals surface area contributed by atoms with Crippen LogP contribution in [0.15, 0.2) is 48.9 Å². The number of fused-ring (bicyclic) bond motifs is 1. The van der Waals surface area contributed by atoms with Gasteiger partial charge in [-0.15, -0.1) is 0 Å². The number of hydrogen-bond acceptors (Lipinski definition) is 2. The summed E-state index contributed by atoms with van der Waals surface area (Å²) in [6.45, 7) is 0. The Labute approximate surface area is 103 Å². The molecule has 0 saturated carbocycles. The molecular formula is C14H8FN3. The maximum atomic E-state index is 13.4. The van der Waals surface area contributed by atoms with Crippen LogP contribution in [0.1, 0.15) is 11.1 Å². The maximum absolute atomic E-state index is 13.4. The lowest BCUT2D eigenvalue weighted by molar-refractivity contribution is 0.624. The summed E-state index contributed by atoms with van der Waals surface area (Å²) in [5.41, 5.74) is 1.82. The van der Waals surface area contributed by atoms with Crippen molar-refractivity contribution in [1.82, 2.24) is 14.6 Å². The molecule has 3 nitrogen and oxygen atoms in total. The molecule has 0 fully saturated rings. The summed E-state index contributed by atoms with van der Waals surface area (Å²) in [4.78, 5) is 4.18. The van der Waals surface area contributed by atoms with Gasteiger partial charge in [-0.05, 0) is 12.1 Å². The molecule has 0 spiro atoms. The van der Waals surface area contributed by atoms with Crippen molar-refractivity contribution < 1.29 is 4.39 Å². The molecule has 0 unspecified atom stereocenters. The van der Waals surface area contributed by atoms with E-state index in [1.54, 1.807) is 47.4 Å². The van der Waals surface area contributed by atoms with E-state index >= 15 is 0 Å². The third kappa shape index (κ3) is 1.94. The van der Waals surface area contributed by atoms with Gasteiger partial charge in [-0.1, -0.05) is 24.0 Å². The van der Waals surface area contributed by atoms with E-state index in [2.05, 4.69) is 21.9 Å². The summed E-state index contributed by atoms with van der Waals surface area (Å²) in [5.74, 6) is 5.33. The first-order valence-electron chi connectivity index (χ1n) is 5.39. The van der Waals surface area contributed by atoms with E-state index < -0.39 is 0 Å². The lowest BCUT2D eigenvalue weighted by atomic mass is 10.2. The molecule has 0 amide bonds. The predicted octanol–water partition coefficient (Wildman–Crippen LogP) is 2.27. The van der Waals surface area contributed by atoms with Crippen LogP contribution in [0.4, 0.5) is 4.39 Å². The van der Waals surface area contributed by atoms with Gasteiger partial charge < -0.3 is 0 Å². The third-order valence-corrected chi connectivity index (χ3v) is 2.46. The second-order valence-electron chi connectivity index (χ2n) is 3.71. The quantitative estimate of drug-likeness (QED) is 0.561. The van der Waals surface area contributed by atoms with Crippen molar-refractivity contribution >= 4 is 5.65 Å². The van der Waals surface area contributed by atoms with Gasteiger partial charge in [-0.25, -0.2) is 13.9 Å². The highest BCUT2D eigenvalue weighted by atomic mass is 19.1. The van der Waals surface area contributed by atoms with E-state index in [0.717, 1.165) is 5.65 Å². The van der Waals surface area contributed by atoms with Crippen LogP contribution in [0, 0.1) is 17.7 Å².